The lowest BCUT2D eigenvalue weighted by molar-refractivity contribution is 0.634. The minimum atomic E-state index is 0.297. The van der Waals surface area contributed by atoms with Crippen LogP contribution in [0, 0.1) is 0 Å². The first kappa shape index (κ1) is 13.3. The van der Waals surface area contributed by atoms with Gasteiger partial charge in [0.15, 0.2) is 0 Å². The minimum absolute atomic E-state index is 0.297. The molecule has 1 unspecified atom stereocenters. The molecule has 3 rings (SSSR count). The van der Waals surface area contributed by atoms with Crippen molar-refractivity contribution in [2.45, 2.75) is 45.6 Å². The highest BCUT2D eigenvalue weighted by Crippen LogP contribution is 2.35. The zero-order chi connectivity index (χ0) is 13.2. The van der Waals surface area contributed by atoms with Gasteiger partial charge in [0.05, 0.1) is 11.7 Å². The lowest BCUT2D eigenvalue weighted by Gasteiger charge is -2.13. The Morgan fingerprint density at radius 3 is 2.84 bits per heavy atom. The van der Waals surface area contributed by atoms with Crippen LogP contribution in [-0.2, 0) is 19.3 Å². The normalized spacial score (nSPS) is 15.7. The van der Waals surface area contributed by atoms with Crippen molar-refractivity contribution in [3.05, 3.63) is 37.5 Å². The van der Waals surface area contributed by atoms with Crippen LogP contribution in [0.3, 0.4) is 0 Å². The van der Waals surface area contributed by atoms with Crippen molar-refractivity contribution < 1.29 is 0 Å². The fourth-order valence-corrected chi connectivity index (χ4v) is 4.94. The number of thiophene rings is 1. The molecule has 1 N–H and O–H groups in total. The maximum absolute atomic E-state index is 4.88. The van der Waals surface area contributed by atoms with E-state index in [9.17, 15) is 0 Å². The van der Waals surface area contributed by atoms with E-state index in [1.54, 1.807) is 0 Å². The van der Waals surface area contributed by atoms with Gasteiger partial charge in [-0.3, -0.25) is 0 Å². The SMILES string of the molecule is CCNC(c1ccc(CC)s1)c1nc2c(s1)CCC2. The summed E-state index contributed by atoms with van der Waals surface area (Å²) in [5.74, 6) is 0. The third-order valence-electron chi connectivity index (χ3n) is 3.58. The van der Waals surface area contributed by atoms with Crippen LogP contribution in [-0.4, -0.2) is 11.5 Å². The molecule has 0 spiro atoms. The molecule has 0 fully saturated rings. The molecule has 0 amide bonds. The van der Waals surface area contributed by atoms with Crippen LogP contribution in [0.2, 0.25) is 0 Å². The highest BCUT2D eigenvalue weighted by Gasteiger charge is 2.23. The second-order valence-corrected chi connectivity index (χ2v) is 7.24. The van der Waals surface area contributed by atoms with Gasteiger partial charge in [0.1, 0.15) is 5.01 Å². The molecule has 0 radical (unpaired) electrons. The first-order valence-corrected chi connectivity index (χ1v) is 8.75. The molecule has 0 saturated carbocycles. The van der Waals surface area contributed by atoms with Crippen LogP contribution >= 0.6 is 22.7 Å². The number of aromatic nitrogens is 1. The van der Waals surface area contributed by atoms with E-state index in [-0.39, 0.29) is 0 Å². The molecule has 2 nitrogen and oxygen atoms in total. The van der Waals surface area contributed by atoms with E-state index in [0.29, 0.717) is 6.04 Å². The Bertz CT molecular complexity index is 535. The first-order chi connectivity index (χ1) is 9.31. The third kappa shape index (κ3) is 2.62. The van der Waals surface area contributed by atoms with Crippen molar-refractivity contribution in [1.29, 1.82) is 0 Å². The van der Waals surface area contributed by atoms with E-state index in [2.05, 4.69) is 31.3 Å². The highest BCUT2D eigenvalue weighted by molar-refractivity contribution is 7.13. The number of thiazole rings is 1. The summed E-state index contributed by atoms with van der Waals surface area (Å²) in [4.78, 5) is 9.27. The lowest BCUT2D eigenvalue weighted by atomic mass is 10.2. The van der Waals surface area contributed by atoms with E-state index in [1.165, 1.54) is 44.6 Å². The molecule has 102 valence electrons. The average Bonchev–Trinajstić information content (AvgIpc) is 3.10. The maximum atomic E-state index is 4.88. The van der Waals surface area contributed by atoms with E-state index >= 15 is 0 Å². The Hall–Kier alpha value is -0.710. The third-order valence-corrected chi connectivity index (χ3v) is 6.10. The molecule has 0 saturated heterocycles. The summed E-state index contributed by atoms with van der Waals surface area (Å²) in [5, 5.41) is 4.86. The van der Waals surface area contributed by atoms with Gasteiger partial charge in [-0.25, -0.2) is 4.98 Å². The molecular weight excluding hydrogens is 272 g/mol. The van der Waals surface area contributed by atoms with E-state index in [4.69, 9.17) is 4.98 Å². The molecule has 0 aliphatic heterocycles. The molecule has 2 heterocycles. The Morgan fingerprint density at radius 1 is 1.26 bits per heavy atom. The van der Waals surface area contributed by atoms with Gasteiger partial charge in [-0.2, -0.15) is 0 Å². The molecule has 4 heteroatoms. The molecule has 1 aliphatic carbocycles. The molecule has 2 aromatic heterocycles. The van der Waals surface area contributed by atoms with Crippen LogP contribution in [0.15, 0.2) is 12.1 Å². The van der Waals surface area contributed by atoms with Crippen LogP contribution < -0.4 is 5.32 Å². The average molecular weight is 292 g/mol. The summed E-state index contributed by atoms with van der Waals surface area (Å²) in [6.45, 7) is 5.37. The predicted molar refractivity (Wildman–Crippen MR) is 83.4 cm³/mol. The largest absolute Gasteiger partial charge is 0.304 e. The van der Waals surface area contributed by atoms with Crippen LogP contribution in [0.4, 0.5) is 0 Å². The lowest BCUT2D eigenvalue weighted by Crippen LogP contribution is -2.21. The number of nitrogens with one attached hydrogen (secondary N) is 1. The van der Waals surface area contributed by atoms with E-state index < -0.39 is 0 Å². The van der Waals surface area contributed by atoms with E-state index in [1.807, 2.05) is 22.7 Å². The maximum Gasteiger partial charge on any atom is 0.115 e. The van der Waals surface area contributed by atoms with Gasteiger partial charge >= 0.3 is 0 Å². The van der Waals surface area contributed by atoms with Gasteiger partial charge in [0.25, 0.3) is 0 Å². The number of rotatable bonds is 5. The molecule has 2 aromatic rings. The number of aryl methyl sites for hydroxylation is 3. The zero-order valence-corrected chi connectivity index (χ0v) is 13.2. The molecule has 0 aromatic carbocycles. The summed E-state index contributed by atoms with van der Waals surface area (Å²) < 4.78 is 0. The smallest absolute Gasteiger partial charge is 0.115 e. The second-order valence-electron chi connectivity index (χ2n) is 4.92. The van der Waals surface area contributed by atoms with Crippen molar-refractivity contribution in [3.8, 4) is 0 Å². The van der Waals surface area contributed by atoms with Gasteiger partial charge in [-0.1, -0.05) is 13.8 Å². The fourth-order valence-electron chi connectivity index (χ4n) is 2.59. The Morgan fingerprint density at radius 2 is 2.16 bits per heavy atom. The summed E-state index contributed by atoms with van der Waals surface area (Å²) in [6, 6.07) is 4.82. The molecule has 19 heavy (non-hydrogen) atoms. The van der Waals surface area contributed by atoms with Crippen LogP contribution in [0.5, 0.6) is 0 Å². The summed E-state index contributed by atoms with van der Waals surface area (Å²) >= 11 is 3.84. The van der Waals surface area contributed by atoms with Crippen LogP contribution in [0.25, 0.3) is 0 Å². The van der Waals surface area contributed by atoms with Crippen molar-refractivity contribution in [1.82, 2.24) is 10.3 Å². The summed E-state index contributed by atoms with van der Waals surface area (Å²) in [7, 11) is 0. The van der Waals surface area contributed by atoms with Gasteiger partial charge in [-0.15, -0.1) is 22.7 Å². The molecule has 0 bridgehead atoms. The topological polar surface area (TPSA) is 24.9 Å². The summed E-state index contributed by atoms with van der Waals surface area (Å²) in [6.07, 6.45) is 4.82. The number of nitrogens with zero attached hydrogens (tertiary/aromatic N) is 1. The zero-order valence-electron chi connectivity index (χ0n) is 11.5. The molecule has 1 atom stereocenters. The number of fused-ring (bicyclic) bond motifs is 1. The predicted octanol–water partition coefficient (Wildman–Crippen LogP) is 3.95. The Balaban J connectivity index is 1.90. The van der Waals surface area contributed by atoms with E-state index in [0.717, 1.165) is 13.0 Å². The standard InChI is InChI=1S/C15H20N2S2/c1-3-10-8-9-13(18-10)14(16-4-2)15-17-11-6-5-7-12(11)19-15/h8-9,14,16H,3-7H2,1-2H3. The van der Waals surface area contributed by atoms with Crippen molar-refractivity contribution in [2.24, 2.45) is 0 Å². The monoisotopic (exact) mass is 292 g/mol. The fraction of sp³-hybridized carbons (Fsp3) is 0.533. The summed E-state index contributed by atoms with van der Waals surface area (Å²) in [5.41, 5.74) is 1.36. The van der Waals surface area contributed by atoms with Gasteiger partial charge in [0.2, 0.25) is 0 Å². The Kier molecular flexibility index (Phi) is 4.01. The van der Waals surface area contributed by atoms with Gasteiger partial charge in [-0.05, 0) is 44.4 Å². The van der Waals surface area contributed by atoms with Crippen LogP contribution in [0.1, 0.15) is 51.6 Å². The Labute approximate surface area is 122 Å². The first-order valence-electron chi connectivity index (χ1n) is 7.12. The number of hydrogen-bond acceptors (Lipinski definition) is 4. The van der Waals surface area contributed by atoms with Crippen molar-refractivity contribution in [3.63, 3.8) is 0 Å². The second kappa shape index (κ2) is 5.73. The quantitative estimate of drug-likeness (QED) is 0.902. The van der Waals surface area contributed by atoms with Crippen molar-refractivity contribution in [2.75, 3.05) is 6.54 Å². The van der Waals surface area contributed by atoms with Gasteiger partial charge < -0.3 is 5.32 Å². The molecule has 1 aliphatic rings. The van der Waals surface area contributed by atoms with Crippen molar-refractivity contribution >= 4 is 22.7 Å². The molecular formula is C15H20N2S2. The highest BCUT2D eigenvalue weighted by atomic mass is 32.1. The number of hydrogen-bond donors (Lipinski definition) is 1. The minimum Gasteiger partial charge on any atom is -0.304 e. The van der Waals surface area contributed by atoms with Gasteiger partial charge in [0, 0.05) is 14.6 Å².